The molecule has 20 heavy (non-hydrogen) atoms. The summed E-state index contributed by atoms with van der Waals surface area (Å²) in [6.07, 6.45) is 7.22. The number of rotatable bonds is 4. The van der Waals surface area contributed by atoms with Gasteiger partial charge >= 0.3 is 0 Å². The van der Waals surface area contributed by atoms with Gasteiger partial charge in [-0.05, 0) is 26.4 Å². The molecule has 2 rings (SSSR count). The summed E-state index contributed by atoms with van der Waals surface area (Å²) in [5.74, 6) is 2.42. The number of nitrogens with zero attached hydrogens (tertiary/aromatic N) is 1. The van der Waals surface area contributed by atoms with Crippen LogP contribution in [0.1, 0.15) is 19.3 Å². The fourth-order valence-corrected chi connectivity index (χ4v) is 2.98. The monoisotopic (exact) mass is 278 g/mol. The Kier molecular flexibility index (Phi) is 4.99. The highest BCUT2D eigenvalue weighted by molar-refractivity contribution is 5.83. The first-order chi connectivity index (χ1) is 9.63. The van der Waals surface area contributed by atoms with Crippen molar-refractivity contribution in [1.82, 2.24) is 20.9 Å². The van der Waals surface area contributed by atoms with Crippen molar-refractivity contribution in [2.45, 2.75) is 37.4 Å². The Balaban J connectivity index is 1.89. The number of hydrogen-bond acceptors (Lipinski definition) is 4. The number of terminal acetylenes is 1. The van der Waals surface area contributed by atoms with E-state index in [1.165, 1.54) is 0 Å². The Morgan fingerprint density at radius 3 is 3.15 bits per heavy atom. The largest absolute Gasteiger partial charge is 0.353 e. The Labute approximate surface area is 119 Å². The van der Waals surface area contributed by atoms with Gasteiger partial charge < -0.3 is 16.0 Å². The average Bonchev–Trinajstić information content (AvgIpc) is 2.89. The third kappa shape index (κ3) is 3.30. The maximum absolute atomic E-state index is 12.0. The van der Waals surface area contributed by atoms with E-state index in [2.05, 4.69) is 26.8 Å². The highest BCUT2D eigenvalue weighted by atomic mass is 16.2. The van der Waals surface area contributed by atoms with Crippen LogP contribution in [0, 0.1) is 12.3 Å². The van der Waals surface area contributed by atoms with Crippen molar-refractivity contribution in [3.63, 3.8) is 0 Å². The summed E-state index contributed by atoms with van der Waals surface area (Å²) in [7, 11) is 2.04. The topological polar surface area (TPSA) is 73.5 Å². The molecule has 2 aliphatic rings. The van der Waals surface area contributed by atoms with Gasteiger partial charge in [-0.15, -0.1) is 6.42 Å². The summed E-state index contributed by atoms with van der Waals surface area (Å²) >= 11 is 0. The summed E-state index contributed by atoms with van der Waals surface area (Å²) in [6.45, 7) is 1.72. The zero-order chi connectivity index (χ0) is 14.5. The first-order valence-corrected chi connectivity index (χ1v) is 7.06. The molecule has 0 aliphatic carbocycles. The molecule has 2 aliphatic heterocycles. The minimum Gasteiger partial charge on any atom is -0.353 e. The Bertz CT molecular complexity index is 418. The minimum atomic E-state index is -0.125. The molecule has 0 radical (unpaired) electrons. The van der Waals surface area contributed by atoms with Crippen LogP contribution in [0.25, 0.3) is 0 Å². The zero-order valence-corrected chi connectivity index (χ0v) is 11.8. The SMILES string of the molecule is C#CCNC(=O)CCC1CNC(=O)C2NCCC2N1C. The maximum Gasteiger partial charge on any atom is 0.238 e. The van der Waals surface area contributed by atoms with Crippen molar-refractivity contribution in [3.8, 4) is 12.3 Å². The summed E-state index contributed by atoms with van der Waals surface area (Å²) < 4.78 is 0. The van der Waals surface area contributed by atoms with Crippen molar-refractivity contribution in [1.29, 1.82) is 0 Å². The van der Waals surface area contributed by atoms with Crippen LogP contribution in [0.4, 0.5) is 0 Å². The molecule has 6 heteroatoms. The van der Waals surface area contributed by atoms with E-state index in [1.54, 1.807) is 0 Å². The van der Waals surface area contributed by atoms with E-state index in [0.717, 1.165) is 19.4 Å². The van der Waals surface area contributed by atoms with Crippen LogP contribution in [0.15, 0.2) is 0 Å². The van der Waals surface area contributed by atoms with Crippen LogP contribution in [0.2, 0.25) is 0 Å². The highest BCUT2D eigenvalue weighted by Crippen LogP contribution is 2.20. The van der Waals surface area contributed by atoms with Gasteiger partial charge in [-0.1, -0.05) is 5.92 Å². The molecule has 0 spiro atoms. The van der Waals surface area contributed by atoms with Gasteiger partial charge in [-0.3, -0.25) is 14.5 Å². The van der Waals surface area contributed by atoms with Crippen LogP contribution in [0.5, 0.6) is 0 Å². The maximum atomic E-state index is 12.0. The van der Waals surface area contributed by atoms with E-state index in [1.807, 2.05) is 7.05 Å². The molecule has 2 amide bonds. The second-order valence-electron chi connectivity index (χ2n) is 5.37. The quantitative estimate of drug-likeness (QED) is 0.558. The molecule has 3 unspecified atom stereocenters. The van der Waals surface area contributed by atoms with Crippen LogP contribution < -0.4 is 16.0 Å². The third-order valence-electron chi connectivity index (χ3n) is 4.17. The summed E-state index contributed by atoms with van der Waals surface area (Å²) in [6, 6.07) is 0.280. The second kappa shape index (κ2) is 6.73. The molecule has 3 atom stereocenters. The van der Waals surface area contributed by atoms with Crippen LogP contribution in [-0.4, -0.2) is 61.5 Å². The predicted molar refractivity (Wildman–Crippen MR) is 75.8 cm³/mol. The van der Waals surface area contributed by atoms with E-state index in [9.17, 15) is 9.59 Å². The predicted octanol–water partition coefficient (Wildman–Crippen LogP) is -1.32. The smallest absolute Gasteiger partial charge is 0.238 e. The van der Waals surface area contributed by atoms with Crippen molar-refractivity contribution in [2.24, 2.45) is 0 Å². The number of amides is 2. The Hall–Kier alpha value is -1.58. The van der Waals surface area contributed by atoms with E-state index in [0.29, 0.717) is 13.0 Å². The fraction of sp³-hybridized carbons (Fsp3) is 0.714. The molecule has 0 aromatic rings. The van der Waals surface area contributed by atoms with E-state index in [4.69, 9.17) is 6.42 Å². The van der Waals surface area contributed by atoms with Gasteiger partial charge in [0.25, 0.3) is 0 Å². The van der Waals surface area contributed by atoms with E-state index < -0.39 is 0 Å². The van der Waals surface area contributed by atoms with Gasteiger partial charge in [0.15, 0.2) is 0 Å². The van der Waals surface area contributed by atoms with Gasteiger partial charge in [-0.25, -0.2) is 0 Å². The number of carbonyl (C=O) groups excluding carboxylic acids is 2. The number of hydrogen-bond donors (Lipinski definition) is 3. The lowest BCUT2D eigenvalue weighted by molar-refractivity contribution is -0.123. The number of fused-ring (bicyclic) bond motifs is 1. The molecule has 6 nitrogen and oxygen atoms in total. The van der Waals surface area contributed by atoms with Crippen LogP contribution in [-0.2, 0) is 9.59 Å². The first kappa shape index (κ1) is 14.8. The summed E-state index contributed by atoms with van der Waals surface area (Å²) in [4.78, 5) is 25.8. The molecule has 2 heterocycles. The number of likely N-dealkylation sites (N-methyl/N-ethyl adjacent to an activating group) is 1. The van der Waals surface area contributed by atoms with Crippen molar-refractivity contribution >= 4 is 11.8 Å². The molecule has 110 valence electrons. The Morgan fingerprint density at radius 2 is 2.40 bits per heavy atom. The molecule has 0 aromatic heterocycles. The van der Waals surface area contributed by atoms with Gasteiger partial charge in [0.05, 0.1) is 6.54 Å². The van der Waals surface area contributed by atoms with Gasteiger partial charge in [0.1, 0.15) is 6.04 Å². The molecular weight excluding hydrogens is 256 g/mol. The molecule has 0 saturated carbocycles. The lowest BCUT2D eigenvalue weighted by Crippen LogP contribution is -2.48. The highest BCUT2D eigenvalue weighted by Gasteiger charge is 2.40. The van der Waals surface area contributed by atoms with Crippen molar-refractivity contribution in [2.75, 3.05) is 26.7 Å². The fourth-order valence-electron chi connectivity index (χ4n) is 2.98. The lowest BCUT2D eigenvalue weighted by Gasteiger charge is -2.31. The third-order valence-corrected chi connectivity index (χ3v) is 4.17. The normalized spacial score (nSPS) is 30.0. The van der Waals surface area contributed by atoms with Crippen LogP contribution >= 0.6 is 0 Å². The minimum absolute atomic E-state index is 0.0342. The van der Waals surface area contributed by atoms with Crippen LogP contribution in [0.3, 0.4) is 0 Å². The summed E-state index contributed by atoms with van der Waals surface area (Å²) in [5, 5.41) is 8.86. The molecule has 0 bridgehead atoms. The molecule has 2 fully saturated rings. The molecule has 3 N–H and O–H groups in total. The molecule has 0 aromatic carbocycles. The standard InChI is InChI=1S/C14H22N4O2/c1-3-7-15-12(19)5-4-10-9-17-14(20)13-11(18(10)2)6-8-16-13/h1,10-11,13,16H,4-9H2,2H3,(H,15,19)(H,17,20). The second-order valence-corrected chi connectivity index (χ2v) is 5.37. The number of carbonyl (C=O) groups is 2. The summed E-state index contributed by atoms with van der Waals surface area (Å²) in [5.41, 5.74) is 0. The molecular formula is C14H22N4O2. The average molecular weight is 278 g/mol. The lowest BCUT2D eigenvalue weighted by atomic mass is 10.0. The van der Waals surface area contributed by atoms with E-state index >= 15 is 0 Å². The van der Waals surface area contributed by atoms with Gasteiger partial charge in [-0.2, -0.15) is 0 Å². The zero-order valence-electron chi connectivity index (χ0n) is 11.8. The van der Waals surface area contributed by atoms with E-state index in [-0.39, 0.29) is 36.5 Å². The van der Waals surface area contributed by atoms with Gasteiger partial charge in [0, 0.05) is 25.0 Å². The number of nitrogens with one attached hydrogen (secondary N) is 3. The van der Waals surface area contributed by atoms with Gasteiger partial charge in [0.2, 0.25) is 11.8 Å². The first-order valence-electron chi connectivity index (χ1n) is 7.06. The van der Waals surface area contributed by atoms with Crippen molar-refractivity contribution in [3.05, 3.63) is 0 Å². The molecule has 2 saturated heterocycles. The Morgan fingerprint density at radius 1 is 1.60 bits per heavy atom. The van der Waals surface area contributed by atoms with Crippen molar-refractivity contribution < 1.29 is 9.59 Å².